The van der Waals surface area contributed by atoms with Crippen molar-refractivity contribution in [2.75, 3.05) is 24.2 Å². The molecule has 0 atom stereocenters. The second-order valence-electron chi connectivity index (χ2n) is 4.39. The van der Waals surface area contributed by atoms with Gasteiger partial charge in [-0.1, -0.05) is 0 Å². The van der Waals surface area contributed by atoms with Gasteiger partial charge in [-0.25, -0.2) is 4.98 Å². The molecule has 0 amide bonds. The highest BCUT2D eigenvalue weighted by Crippen LogP contribution is 2.14. The van der Waals surface area contributed by atoms with Crippen molar-refractivity contribution in [3.63, 3.8) is 0 Å². The monoisotopic (exact) mass is 210 g/mol. The summed E-state index contributed by atoms with van der Waals surface area (Å²) in [7, 11) is 1.86. The third-order valence-electron chi connectivity index (χ3n) is 1.87. The second kappa shape index (κ2) is 4.02. The highest BCUT2D eigenvalue weighted by Gasteiger charge is 2.17. The third kappa shape index (κ3) is 3.71. The van der Waals surface area contributed by atoms with Gasteiger partial charge in [-0.2, -0.15) is 4.98 Å². The Bertz CT molecular complexity index is 326. The van der Waals surface area contributed by atoms with Crippen LogP contribution in [0, 0.1) is 6.92 Å². The molecule has 5 heteroatoms. The predicted molar refractivity (Wildman–Crippen MR) is 60.7 cm³/mol. The number of aryl methyl sites for hydroxylation is 1. The highest BCUT2D eigenvalue weighted by molar-refractivity contribution is 5.42. The zero-order valence-corrected chi connectivity index (χ0v) is 9.65. The molecule has 1 rings (SSSR count). The maximum Gasteiger partial charge on any atom is 0.222 e. The van der Waals surface area contributed by atoms with Crippen molar-refractivity contribution in [3.8, 4) is 0 Å². The van der Waals surface area contributed by atoms with E-state index in [2.05, 4.69) is 9.97 Å². The summed E-state index contributed by atoms with van der Waals surface area (Å²) < 4.78 is 0. The molecule has 0 fully saturated rings. The van der Waals surface area contributed by atoms with Crippen molar-refractivity contribution in [3.05, 3.63) is 11.8 Å². The standard InChI is InChI=1S/C10H18N4O/c1-7-5-8(13-9(11)12-7)14(4)6-10(2,3)15/h5,15H,6H2,1-4H3,(H2,11,12,13). The summed E-state index contributed by atoms with van der Waals surface area (Å²) in [6.45, 7) is 5.85. The van der Waals surface area contributed by atoms with E-state index in [4.69, 9.17) is 5.73 Å². The SMILES string of the molecule is Cc1cc(N(C)CC(C)(C)O)nc(N)n1. The van der Waals surface area contributed by atoms with Crippen LogP contribution in [0.15, 0.2) is 6.07 Å². The number of aromatic nitrogens is 2. The van der Waals surface area contributed by atoms with E-state index in [9.17, 15) is 5.11 Å². The molecule has 3 N–H and O–H groups in total. The van der Waals surface area contributed by atoms with E-state index in [1.165, 1.54) is 0 Å². The molecule has 0 spiro atoms. The number of aliphatic hydroxyl groups is 1. The molecule has 0 aromatic carbocycles. The molecule has 84 valence electrons. The molecule has 0 aliphatic heterocycles. The lowest BCUT2D eigenvalue weighted by Gasteiger charge is -2.26. The van der Waals surface area contributed by atoms with Crippen LogP contribution in [0.3, 0.4) is 0 Å². The summed E-state index contributed by atoms with van der Waals surface area (Å²) in [5.74, 6) is 0.981. The van der Waals surface area contributed by atoms with Gasteiger partial charge in [-0.05, 0) is 20.8 Å². The Morgan fingerprint density at radius 2 is 2.07 bits per heavy atom. The summed E-state index contributed by atoms with van der Waals surface area (Å²) in [4.78, 5) is 9.94. The molecule has 0 saturated heterocycles. The van der Waals surface area contributed by atoms with Crippen LogP contribution >= 0.6 is 0 Å². The van der Waals surface area contributed by atoms with Crippen LogP contribution in [-0.4, -0.2) is 34.3 Å². The van der Waals surface area contributed by atoms with Gasteiger partial charge in [0, 0.05) is 25.4 Å². The minimum atomic E-state index is -0.762. The van der Waals surface area contributed by atoms with Crippen LogP contribution in [-0.2, 0) is 0 Å². The summed E-state index contributed by atoms with van der Waals surface area (Å²) >= 11 is 0. The van der Waals surface area contributed by atoms with Gasteiger partial charge in [0.1, 0.15) is 5.82 Å². The van der Waals surface area contributed by atoms with Crippen LogP contribution in [0.4, 0.5) is 11.8 Å². The first-order valence-corrected chi connectivity index (χ1v) is 4.82. The third-order valence-corrected chi connectivity index (χ3v) is 1.87. The smallest absolute Gasteiger partial charge is 0.222 e. The van der Waals surface area contributed by atoms with Gasteiger partial charge in [0.25, 0.3) is 0 Å². The first-order chi connectivity index (χ1) is 6.78. The summed E-state index contributed by atoms with van der Waals surface area (Å²) in [6.07, 6.45) is 0. The molecule has 15 heavy (non-hydrogen) atoms. The van der Waals surface area contributed by atoms with E-state index in [1.807, 2.05) is 24.9 Å². The van der Waals surface area contributed by atoms with Gasteiger partial charge in [0.15, 0.2) is 0 Å². The lowest BCUT2D eigenvalue weighted by atomic mass is 10.1. The van der Waals surface area contributed by atoms with E-state index in [-0.39, 0.29) is 5.95 Å². The lowest BCUT2D eigenvalue weighted by Crippen LogP contribution is -2.36. The Labute approximate surface area is 90.0 Å². The van der Waals surface area contributed by atoms with E-state index in [1.54, 1.807) is 13.8 Å². The number of likely N-dealkylation sites (N-methyl/N-ethyl adjacent to an activating group) is 1. The zero-order chi connectivity index (χ0) is 11.6. The normalized spacial score (nSPS) is 11.5. The van der Waals surface area contributed by atoms with Crippen molar-refractivity contribution >= 4 is 11.8 Å². The molecule has 0 aliphatic rings. The second-order valence-corrected chi connectivity index (χ2v) is 4.39. The minimum absolute atomic E-state index is 0.257. The number of nitrogen functional groups attached to an aromatic ring is 1. The Balaban J connectivity index is 2.86. The van der Waals surface area contributed by atoms with Gasteiger partial charge in [-0.3, -0.25) is 0 Å². The Kier molecular flexibility index (Phi) is 3.14. The average Bonchev–Trinajstić information content (AvgIpc) is 1.98. The molecule has 1 heterocycles. The summed E-state index contributed by atoms with van der Waals surface area (Å²) in [6, 6.07) is 1.84. The number of rotatable bonds is 3. The fourth-order valence-electron chi connectivity index (χ4n) is 1.43. The molecule has 0 aliphatic carbocycles. The van der Waals surface area contributed by atoms with Crippen molar-refractivity contribution < 1.29 is 5.11 Å². The quantitative estimate of drug-likeness (QED) is 0.763. The molecule has 0 bridgehead atoms. The Hall–Kier alpha value is -1.36. The minimum Gasteiger partial charge on any atom is -0.389 e. The van der Waals surface area contributed by atoms with Gasteiger partial charge in [0.05, 0.1) is 5.60 Å². The molecule has 0 saturated carbocycles. The van der Waals surface area contributed by atoms with Crippen LogP contribution in [0.25, 0.3) is 0 Å². The van der Waals surface area contributed by atoms with Crippen molar-refractivity contribution in [2.24, 2.45) is 0 Å². The molecular formula is C10H18N4O. The zero-order valence-electron chi connectivity index (χ0n) is 9.65. The average molecular weight is 210 g/mol. The highest BCUT2D eigenvalue weighted by atomic mass is 16.3. The van der Waals surface area contributed by atoms with Crippen molar-refractivity contribution in [2.45, 2.75) is 26.4 Å². The van der Waals surface area contributed by atoms with E-state index < -0.39 is 5.60 Å². The number of hydrogen-bond donors (Lipinski definition) is 2. The largest absolute Gasteiger partial charge is 0.389 e. The first kappa shape index (κ1) is 11.7. The van der Waals surface area contributed by atoms with Crippen molar-refractivity contribution in [1.82, 2.24) is 9.97 Å². The maximum atomic E-state index is 9.67. The van der Waals surface area contributed by atoms with E-state index >= 15 is 0 Å². The Morgan fingerprint density at radius 3 is 2.53 bits per heavy atom. The molecule has 0 radical (unpaired) electrons. The fourth-order valence-corrected chi connectivity index (χ4v) is 1.43. The predicted octanol–water partition coefficient (Wildman–Crippen LogP) is 0.574. The Morgan fingerprint density at radius 1 is 1.47 bits per heavy atom. The first-order valence-electron chi connectivity index (χ1n) is 4.82. The molecule has 0 unspecified atom stereocenters. The molecule has 5 nitrogen and oxygen atoms in total. The number of nitrogens with two attached hydrogens (primary N) is 1. The molecule has 1 aromatic heterocycles. The summed E-state index contributed by atoms with van der Waals surface area (Å²) in [5, 5.41) is 9.67. The maximum absolute atomic E-state index is 9.67. The molecular weight excluding hydrogens is 192 g/mol. The number of hydrogen-bond acceptors (Lipinski definition) is 5. The van der Waals surface area contributed by atoms with Gasteiger partial charge in [0.2, 0.25) is 5.95 Å². The van der Waals surface area contributed by atoms with E-state index in [0.29, 0.717) is 6.54 Å². The lowest BCUT2D eigenvalue weighted by molar-refractivity contribution is 0.0884. The van der Waals surface area contributed by atoms with Crippen LogP contribution in [0.1, 0.15) is 19.5 Å². The topological polar surface area (TPSA) is 75.3 Å². The van der Waals surface area contributed by atoms with Gasteiger partial charge in [-0.15, -0.1) is 0 Å². The molecule has 1 aromatic rings. The van der Waals surface area contributed by atoms with Gasteiger partial charge >= 0.3 is 0 Å². The van der Waals surface area contributed by atoms with Crippen LogP contribution in [0.5, 0.6) is 0 Å². The van der Waals surface area contributed by atoms with Gasteiger partial charge < -0.3 is 15.7 Å². The van der Waals surface area contributed by atoms with E-state index in [0.717, 1.165) is 11.5 Å². The van der Waals surface area contributed by atoms with Crippen LogP contribution < -0.4 is 10.6 Å². The summed E-state index contributed by atoms with van der Waals surface area (Å²) in [5.41, 5.74) is 5.61. The fraction of sp³-hybridized carbons (Fsp3) is 0.600. The number of nitrogens with zero attached hydrogens (tertiary/aromatic N) is 3. The van der Waals surface area contributed by atoms with Crippen molar-refractivity contribution in [1.29, 1.82) is 0 Å². The van der Waals surface area contributed by atoms with Crippen LogP contribution in [0.2, 0.25) is 0 Å². The number of anilines is 2.